The van der Waals surface area contributed by atoms with Crippen LogP contribution in [0.2, 0.25) is 15.1 Å². The molecule has 1 aliphatic rings. The molecule has 0 spiro atoms. The number of anilines is 1. The summed E-state index contributed by atoms with van der Waals surface area (Å²) in [6, 6.07) is 8.40. The van der Waals surface area contributed by atoms with Crippen LogP contribution in [-0.2, 0) is 24.3 Å². The van der Waals surface area contributed by atoms with Gasteiger partial charge in [0.2, 0.25) is 10.0 Å². The molecule has 1 amide bonds. The van der Waals surface area contributed by atoms with Crippen LogP contribution in [0.3, 0.4) is 0 Å². The van der Waals surface area contributed by atoms with E-state index in [-0.39, 0.29) is 57.5 Å². The number of amides is 1. The first-order chi connectivity index (χ1) is 14.7. The molecule has 0 radical (unpaired) electrons. The number of carbonyl (C=O) groups excluding carboxylic acids is 2. The molecule has 2 aromatic rings. The van der Waals surface area contributed by atoms with Crippen LogP contribution in [0, 0.1) is 0 Å². The van der Waals surface area contributed by atoms with E-state index < -0.39 is 28.5 Å². The number of nitrogens with one attached hydrogen (secondary N) is 1. The smallest absolute Gasteiger partial charge is 0.340 e. The van der Waals surface area contributed by atoms with Gasteiger partial charge in [-0.05, 0) is 30.3 Å². The molecule has 1 aliphatic heterocycles. The molecule has 0 aromatic heterocycles. The molecule has 1 heterocycles. The number of ether oxygens (including phenoxy) is 2. The van der Waals surface area contributed by atoms with Gasteiger partial charge in [-0.15, -0.1) is 0 Å². The summed E-state index contributed by atoms with van der Waals surface area (Å²) in [5, 5.41) is 2.86. The first kappa shape index (κ1) is 23.8. The van der Waals surface area contributed by atoms with Gasteiger partial charge >= 0.3 is 5.97 Å². The Hall–Kier alpha value is -1.88. The van der Waals surface area contributed by atoms with Crippen molar-refractivity contribution >= 4 is 62.4 Å². The largest absolute Gasteiger partial charge is 0.452 e. The molecule has 1 fully saturated rings. The Morgan fingerprint density at radius 1 is 1.06 bits per heavy atom. The number of esters is 1. The number of nitrogens with zero attached hydrogens (tertiary/aromatic N) is 1. The Morgan fingerprint density at radius 3 is 2.48 bits per heavy atom. The molecule has 0 unspecified atom stereocenters. The summed E-state index contributed by atoms with van der Waals surface area (Å²) in [7, 11) is -3.84. The zero-order valence-electron chi connectivity index (χ0n) is 15.9. The average Bonchev–Trinajstić information content (AvgIpc) is 2.76. The van der Waals surface area contributed by atoms with Crippen molar-refractivity contribution in [2.75, 3.05) is 38.2 Å². The van der Waals surface area contributed by atoms with Gasteiger partial charge in [-0.3, -0.25) is 4.79 Å². The Kier molecular flexibility index (Phi) is 7.79. The standard InChI is InChI=1S/C19H17Cl3N2O6S/c20-14-5-4-12(31(27,28)24-6-8-29-9-7-24)10-13(14)19(26)30-11-17(25)23-16-3-1-2-15(21)18(16)22/h1-5,10H,6-9,11H2,(H,23,25). The SMILES string of the molecule is O=C(COC(=O)c1cc(S(=O)(=O)N2CCOCC2)ccc1Cl)Nc1cccc(Cl)c1Cl. The topological polar surface area (TPSA) is 102 Å². The van der Waals surface area contributed by atoms with Crippen LogP contribution in [0.25, 0.3) is 0 Å². The van der Waals surface area contributed by atoms with Crippen molar-refractivity contribution < 1.29 is 27.5 Å². The lowest BCUT2D eigenvalue weighted by molar-refractivity contribution is -0.119. The molecule has 0 aliphatic carbocycles. The molecule has 31 heavy (non-hydrogen) atoms. The van der Waals surface area contributed by atoms with Crippen LogP contribution < -0.4 is 5.32 Å². The second-order valence-electron chi connectivity index (χ2n) is 6.38. The highest BCUT2D eigenvalue weighted by Gasteiger charge is 2.28. The molecule has 0 saturated carbocycles. The van der Waals surface area contributed by atoms with E-state index in [1.165, 1.54) is 22.5 Å². The van der Waals surface area contributed by atoms with Gasteiger partial charge in [-0.2, -0.15) is 4.31 Å². The van der Waals surface area contributed by atoms with E-state index in [1.54, 1.807) is 12.1 Å². The number of hydrogen-bond donors (Lipinski definition) is 1. The summed E-state index contributed by atoms with van der Waals surface area (Å²) < 4.78 is 37.0. The summed E-state index contributed by atoms with van der Waals surface area (Å²) >= 11 is 17.9. The lowest BCUT2D eigenvalue weighted by Gasteiger charge is -2.26. The van der Waals surface area contributed by atoms with Gasteiger partial charge < -0.3 is 14.8 Å². The van der Waals surface area contributed by atoms with E-state index in [2.05, 4.69) is 5.32 Å². The van der Waals surface area contributed by atoms with Crippen molar-refractivity contribution in [3.8, 4) is 0 Å². The molecule has 1 saturated heterocycles. The fourth-order valence-corrected chi connectivity index (χ4v) is 4.73. The molecule has 3 rings (SSSR count). The minimum Gasteiger partial charge on any atom is -0.452 e. The minimum absolute atomic E-state index is 0.00998. The second kappa shape index (κ2) is 10.2. The van der Waals surface area contributed by atoms with Crippen LogP contribution in [-0.4, -0.2) is 57.5 Å². The maximum atomic E-state index is 12.8. The van der Waals surface area contributed by atoms with Crippen LogP contribution in [0.1, 0.15) is 10.4 Å². The Bertz CT molecular complexity index is 1100. The molecular weight excluding hydrogens is 491 g/mol. The molecule has 2 aromatic carbocycles. The summed E-state index contributed by atoms with van der Waals surface area (Å²) in [5.41, 5.74) is 0.0800. The van der Waals surface area contributed by atoms with Crippen LogP contribution >= 0.6 is 34.8 Å². The number of halogens is 3. The van der Waals surface area contributed by atoms with Crippen molar-refractivity contribution in [3.05, 3.63) is 57.0 Å². The zero-order valence-corrected chi connectivity index (χ0v) is 19.0. The molecule has 166 valence electrons. The maximum Gasteiger partial charge on any atom is 0.340 e. The number of benzene rings is 2. The normalized spacial score (nSPS) is 14.8. The van der Waals surface area contributed by atoms with Crippen molar-refractivity contribution in [2.45, 2.75) is 4.90 Å². The maximum absolute atomic E-state index is 12.8. The van der Waals surface area contributed by atoms with E-state index in [0.29, 0.717) is 0 Å². The lowest BCUT2D eigenvalue weighted by atomic mass is 10.2. The minimum atomic E-state index is -3.84. The van der Waals surface area contributed by atoms with Crippen molar-refractivity contribution in [2.24, 2.45) is 0 Å². The lowest BCUT2D eigenvalue weighted by Crippen LogP contribution is -2.40. The summed E-state index contributed by atoms with van der Waals surface area (Å²) in [4.78, 5) is 24.4. The van der Waals surface area contributed by atoms with E-state index >= 15 is 0 Å². The average molecular weight is 508 g/mol. The Labute approximate surface area is 194 Å². The molecule has 1 N–H and O–H groups in total. The third-order valence-corrected chi connectivity index (χ3v) is 7.37. The van der Waals surface area contributed by atoms with Gasteiger partial charge in [0.05, 0.1) is 44.4 Å². The third kappa shape index (κ3) is 5.68. The summed E-state index contributed by atoms with van der Waals surface area (Å²) in [6.45, 7) is 0.341. The summed E-state index contributed by atoms with van der Waals surface area (Å²) in [5.74, 6) is -1.61. The fourth-order valence-electron chi connectivity index (χ4n) is 2.75. The zero-order chi connectivity index (χ0) is 22.6. The van der Waals surface area contributed by atoms with Crippen LogP contribution in [0.4, 0.5) is 5.69 Å². The van der Waals surface area contributed by atoms with Crippen LogP contribution in [0.15, 0.2) is 41.3 Å². The van der Waals surface area contributed by atoms with E-state index in [4.69, 9.17) is 44.3 Å². The van der Waals surface area contributed by atoms with Gasteiger partial charge in [0, 0.05) is 13.1 Å². The van der Waals surface area contributed by atoms with Crippen LogP contribution in [0.5, 0.6) is 0 Å². The van der Waals surface area contributed by atoms with Gasteiger partial charge in [0.1, 0.15) is 0 Å². The van der Waals surface area contributed by atoms with E-state index in [0.717, 1.165) is 6.07 Å². The summed E-state index contributed by atoms with van der Waals surface area (Å²) in [6.07, 6.45) is 0. The predicted molar refractivity (Wildman–Crippen MR) is 116 cm³/mol. The predicted octanol–water partition coefficient (Wildman–Crippen LogP) is 3.46. The van der Waals surface area contributed by atoms with Crippen molar-refractivity contribution in [1.82, 2.24) is 4.31 Å². The molecule has 12 heteroatoms. The highest BCUT2D eigenvalue weighted by molar-refractivity contribution is 7.89. The first-order valence-corrected chi connectivity index (χ1v) is 11.6. The number of sulfonamides is 1. The Balaban J connectivity index is 1.69. The number of carbonyl (C=O) groups is 2. The van der Waals surface area contributed by atoms with Crippen molar-refractivity contribution in [1.29, 1.82) is 0 Å². The van der Waals surface area contributed by atoms with E-state index in [1.807, 2.05) is 0 Å². The van der Waals surface area contributed by atoms with Gasteiger partial charge in [-0.25, -0.2) is 13.2 Å². The first-order valence-electron chi connectivity index (χ1n) is 8.98. The third-order valence-electron chi connectivity index (χ3n) is 4.33. The van der Waals surface area contributed by atoms with Gasteiger partial charge in [0.25, 0.3) is 5.91 Å². The second-order valence-corrected chi connectivity index (χ2v) is 9.51. The monoisotopic (exact) mass is 506 g/mol. The highest BCUT2D eigenvalue weighted by atomic mass is 35.5. The number of hydrogen-bond acceptors (Lipinski definition) is 6. The highest BCUT2D eigenvalue weighted by Crippen LogP contribution is 2.29. The number of morpholine rings is 1. The van der Waals surface area contributed by atoms with E-state index in [9.17, 15) is 18.0 Å². The van der Waals surface area contributed by atoms with Gasteiger partial charge in [-0.1, -0.05) is 40.9 Å². The number of rotatable bonds is 6. The molecule has 8 nitrogen and oxygen atoms in total. The molecular formula is C19H17Cl3N2O6S. The molecule has 0 atom stereocenters. The van der Waals surface area contributed by atoms with Crippen molar-refractivity contribution in [3.63, 3.8) is 0 Å². The van der Waals surface area contributed by atoms with Gasteiger partial charge in [0.15, 0.2) is 6.61 Å². The fraction of sp³-hybridized carbons (Fsp3) is 0.263. The Morgan fingerprint density at radius 2 is 1.77 bits per heavy atom. The quantitative estimate of drug-likeness (QED) is 0.601. The molecule has 0 bridgehead atoms.